The first-order valence-corrected chi connectivity index (χ1v) is 11.4. The number of piperidine rings is 1. The maximum atomic E-state index is 14.4. The number of carbonyl (C=O) groups is 1. The highest BCUT2D eigenvalue weighted by Gasteiger charge is 2.28. The number of rotatable bonds is 4. The van der Waals surface area contributed by atoms with Crippen LogP contribution in [0.15, 0.2) is 48.8 Å². The van der Waals surface area contributed by atoms with E-state index in [4.69, 9.17) is 11.6 Å². The Morgan fingerprint density at radius 3 is 3.00 bits per heavy atom. The van der Waals surface area contributed by atoms with E-state index in [2.05, 4.69) is 20.2 Å². The van der Waals surface area contributed by atoms with Crippen LogP contribution in [0.2, 0.25) is 5.02 Å². The lowest BCUT2D eigenvalue weighted by molar-refractivity contribution is -0.125. The van der Waals surface area contributed by atoms with Gasteiger partial charge >= 0.3 is 0 Å². The Hall–Kier alpha value is -2.77. The van der Waals surface area contributed by atoms with Gasteiger partial charge in [0.05, 0.1) is 21.5 Å². The molecule has 5 nitrogen and oxygen atoms in total. The average molecular weight is 455 g/mol. The molecule has 1 aliphatic rings. The molecule has 8 heteroatoms. The largest absolute Gasteiger partial charge is 0.355 e. The second-order valence-electron chi connectivity index (χ2n) is 7.72. The van der Waals surface area contributed by atoms with E-state index in [1.807, 2.05) is 30.3 Å². The number of benzene rings is 2. The molecule has 1 fully saturated rings. The predicted molar refractivity (Wildman–Crippen MR) is 123 cm³/mol. The minimum Gasteiger partial charge on any atom is -0.355 e. The summed E-state index contributed by atoms with van der Waals surface area (Å²) in [6.07, 6.45) is 3.20. The zero-order chi connectivity index (χ0) is 21.4. The molecule has 0 radical (unpaired) electrons. The molecule has 0 saturated carbocycles. The van der Waals surface area contributed by atoms with Gasteiger partial charge in [-0.15, -0.1) is 11.3 Å². The predicted octanol–water partition coefficient (Wildman–Crippen LogP) is 5.17. The zero-order valence-electron chi connectivity index (χ0n) is 16.6. The van der Waals surface area contributed by atoms with Crippen LogP contribution < -0.4 is 10.2 Å². The number of anilines is 1. The number of aromatic nitrogens is 2. The maximum Gasteiger partial charge on any atom is 0.225 e. The quantitative estimate of drug-likeness (QED) is 0.462. The van der Waals surface area contributed by atoms with Crippen LogP contribution in [0.3, 0.4) is 0 Å². The molecule has 1 amide bonds. The fourth-order valence-corrected chi connectivity index (χ4v) is 5.56. The molecule has 4 aromatic rings. The zero-order valence-corrected chi connectivity index (χ0v) is 18.2. The molecule has 2 aromatic heterocycles. The summed E-state index contributed by atoms with van der Waals surface area (Å²) in [6, 6.07) is 12.6. The second-order valence-corrected chi connectivity index (χ2v) is 9.21. The number of halogens is 2. The molecule has 31 heavy (non-hydrogen) atoms. The first-order valence-electron chi connectivity index (χ1n) is 10.2. The minimum atomic E-state index is -0.273. The van der Waals surface area contributed by atoms with E-state index < -0.39 is 0 Å². The number of carbonyl (C=O) groups excluding carboxylic acids is 1. The standard InChI is InChI=1S/C23H20ClFN4OS/c24-16-6-1-4-14(10-16)11-26-23(30)15-5-3-9-29(12-15)22-21-20(27-13-28-22)19-17(25)7-2-8-18(19)31-21/h1-2,4,6-8,10,13,15H,3,5,9,11-12H2,(H,26,30). The van der Waals surface area contributed by atoms with Gasteiger partial charge in [0.1, 0.15) is 18.0 Å². The number of hydrogen-bond donors (Lipinski definition) is 1. The number of fused-ring (bicyclic) bond motifs is 3. The van der Waals surface area contributed by atoms with Gasteiger partial charge in [-0.2, -0.15) is 0 Å². The number of hydrogen-bond acceptors (Lipinski definition) is 5. The molecule has 5 rings (SSSR count). The number of nitrogens with zero attached hydrogens (tertiary/aromatic N) is 3. The maximum absolute atomic E-state index is 14.4. The summed E-state index contributed by atoms with van der Waals surface area (Å²) in [4.78, 5) is 23.8. The molecule has 3 heterocycles. The van der Waals surface area contributed by atoms with Gasteiger partial charge in [0.25, 0.3) is 0 Å². The fourth-order valence-electron chi connectivity index (χ4n) is 4.15. The summed E-state index contributed by atoms with van der Waals surface area (Å²) < 4.78 is 16.1. The summed E-state index contributed by atoms with van der Waals surface area (Å²) >= 11 is 7.52. The molecule has 158 valence electrons. The third kappa shape index (κ3) is 3.95. The van der Waals surface area contributed by atoms with Crippen molar-refractivity contribution in [3.8, 4) is 0 Å². The van der Waals surface area contributed by atoms with Gasteiger partial charge in [0, 0.05) is 29.4 Å². The lowest BCUT2D eigenvalue weighted by Gasteiger charge is -2.33. The monoisotopic (exact) mass is 454 g/mol. The highest BCUT2D eigenvalue weighted by Crippen LogP contribution is 2.39. The van der Waals surface area contributed by atoms with E-state index in [-0.39, 0.29) is 17.6 Å². The van der Waals surface area contributed by atoms with E-state index in [9.17, 15) is 9.18 Å². The van der Waals surface area contributed by atoms with Gasteiger partial charge in [0.15, 0.2) is 0 Å². The van der Waals surface area contributed by atoms with Crippen molar-refractivity contribution < 1.29 is 9.18 Å². The summed E-state index contributed by atoms with van der Waals surface area (Å²) in [5, 5.41) is 4.23. The van der Waals surface area contributed by atoms with Crippen molar-refractivity contribution in [1.29, 1.82) is 0 Å². The van der Waals surface area contributed by atoms with Gasteiger partial charge in [-0.3, -0.25) is 4.79 Å². The summed E-state index contributed by atoms with van der Waals surface area (Å²) in [5.41, 5.74) is 1.61. The van der Waals surface area contributed by atoms with Crippen molar-refractivity contribution >= 4 is 55.0 Å². The molecule has 1 unspecified atom stereocenters. The van der Waals surface area contributed by atoms with Crippen molar-refractivity contribution in [3.63, 3.8) is 0 Å². The third-order valence-corrected chi connectivity index (χ3v) is 7.03. The second kappa shape index (κ2) is 8.40. The summed E-state index contributed by atoms with van der Waals surface area (Å²) in [6.45, 7) is 1.83. The fraction of sp³-hybridized carbons (Fsp3) is 0.261. The Morgan fingerprint density at radius 2 is 2.13 bits per heavy atom. The Morgan fingerprint density at radius 1 is 1.26 bits per heavy atom. The topological polar surface area (TPSA) is 58.1 Å². The minimum absolute atomic E-state index is 0.0253. The molecular weight excluding hydrogens is 435 g/mol. The lowest BCUT2D eigenvalue weighted by atomic mass is 9.97. The van der Waals surface area contributed by atoms with Crippen LogP contribution in [0.1, 0.15) is 18.4 Å². The van der Waals surface area contributed by atoms with Gasteiger partial charge < -0.3 is 10.2 Å². The van der Waals surface area contributed by atoms with Gasteiger partial charge in [-0.05, 0) is 42.7 Å². The smallest absolute Gasteiger partial charge is 0.225 e. The molecule has 1 aliphatic heterocycles. The number of nitrogens with one attached hydrogen (secondary N) is 1. The number of thiophene rings is 1. The van der Waals surface area contributed by atoms with Crippen LogP contribution >= 0.6 is 22.9 Å². The van der Waals surface area contributed by atoms with Crippen LogP contribution in [0.4, 0.5) is 10.2 Å². The molecule has 1 saturated heterocycles. The number of amides is 1. The van der Waals surface area contributed by atoms with Crippen LogP contribution in [-0.2, 0) is 11.3 Å². The van der Waals surface area contributed by atoms with Crippen molar-refractivity contribution in [3.05, 3.63) is 65.2 Å². The van der Waals surface area contributed by atoms with Crippen molar-refractivity contribution in [2.75, 3.05) is 18.0 Å². The van der Waals surface area contributed by atoms with Gasteiger partial charge in [0.2, 0.25) is 5.91 Å². The Bertz CT molecular complexity index is 1280. The lowest BCUT2D eigenvalue weighted by Crippen LogP contribution is -2.43. The molecule has 0 spiro atoms. The van der Waals surface area contributed by atoms with Crippen LogP contribution in [0.25, 0.3) is 20.3 Å². The molecule has 1 atom stereocenters. The molecule has 2 aromatic carbocycles. The highest BCUT2D eigenvalue weighted by molar-refractivity contribution is 7.26. The van der Waals surface area contributed by atoms with Crippen LogP contribution in [0, 0.1) is 11.7 Å². The molecule has 1 N–H and O–H groups in total. The van der Waals surface area contributed by atoms with E-state index in [1.165, 1.54) is 23.7 Å². The Labute approximate surface area is 187 Å². The molecule has 0 bridgehead atoms. The van der Waals surface area contributed by atoms with E-state index in [0.717, 1.165) is 40.2 Å². The van der Waals surface area contributed by atoms with Crippen molar-refractivity contribution in [1.82, 2.24) is 15.3 Å². The Balaban J connectivity index is 1.37. The van der Waals surface area contributed by atoms with Crippen LogP contribution in [0.5, 0.6) is 0 Å². The molecule has 0 aliphatic carbocycles. The summed E-state index contributed by atoms with van der Waals surface area (Å²) in [7, 11) is 0. The van der Waals surface area contributed by atoms with E-state index >= 15 is 0 Å². The average Bonchev–Trinajstić information content (AvgIpc) is 3.17. The summed E-state index contributed by atoms with van der Waals surface area (Å²) in [5.74, 6) is 0.393. The van der Waals surface area contributed by atoms with Gasteiger partial charge in [-0.1, -0.05) is 29.8 Å². The van der Waals surface area contributed by atoms with Crippen molar-refractivity contribution in [2.45, 2.75) is 19.4 Å². The first-order chi connectivity index (χ1) is 15.1. The highest BCUT2D eigenvalue weighted by atomic mass is 35.5. The third-order valence-electron chi connectivity index (χ3n) is 5.66. The molecular formula is C23H20ClFN4OS. The SMILES string of the molecule is O=C(NCc1cccc(Cl)c1)C1CCCN(c2ncnc3c2sc2cccc(F)c23)C1. The van der Waals surface area contributed by atoms with Crippen LogP contribution in [-0.4, -0.2) is 29.0 Å². The Kier molecular flexibility index (Phi) is 5.46. The van der Waals surface area contributed by atoms with E-state index in [0.29, 0.717) is 29.0 Å². The van der Waals surface area contributed by atoms with Crippen molar-refractivity contribution in [2.24, 2.45) is 5.92 Å². The van der Waals surface area contributed by atoms with Gasteiger partial charge in [-0.25, -0.2) is 14.4 Å². The normalized spacial score (nSPS) is 16.7. The van der Waals surface area contributed by atoms with E-state index in [1.54, 1.807) is 6.07 Å². The first kappa shape index (κ1) is 20.2.